The van der Waals surface area contributed by atoms with Gasteiger partial charge >= 0.3 is 5.97 Å². The highest BCUT2D eigenvalue weighted by Gasteiger charge is 2.08. The maximum Gasteiger partial charge on any atom is 0.325 e. The van der Waals surface area contributed by atoms with Crippen LogP contribution in [0.5, 0.6) is 0 Å². The van der Waals surface area contributed by atoms with E-state index in [1.165, 1.54) is 0 Å². The van der Waals surface area contributed by atoms with Crippen LogP contribution in [0.15, 0.2) is 24.3 Å². The van der Waals surface area contributed by atoms with E-state index in [2.05, 4.69) is 10.6 Å². The van der Waals surface area contributed by atoms with Crippen LogP contribution in [0.1, 0.15) is 22.8 Å². The summed E-state index contributed by atoms with van der Waals surface area (Å²) in [6.45, 7) is 3.85. The van der Waals surface area contributed by atoms with Gasteiger partial charge in [0.25, 0.3) is 5.91 Å². The summed E-state index contributed by atoms with van der Waals surface area (Å²) in [5.74, 6) is -0.736. The first-order valence-corrected chi connectivity index (χ1v) is 6.25. The third kappa shape index (κ3) is 5.48. The van der Waals surface area contributed by atoms with Crippen LogP contribution in [0.3, 0.4) is 0 Å². The Kier molecular flexibility index (Phi) is 5.95. The topological polar surface area (TPSA) is 67.4 Å². The molecule has 1 aromatic carbocycles. The largest absolute Gasteiger partial charge is 0.465 e. The first-order valence-electron chi connectivity index (χ1n) is 5.84. The van der Waals surface area contributed by atoms with Crippen molar-refractivity contribution in [2.45, 2.75) is 13.8 Å². The Morgan fingerprint density at radius 1 is 1.37 bits per heavy atom. The van der Waals surface area contributed by atoms with Crippen molar-refractivity contribution in [2.24, 2.45) is 0 Å². The summed E-state index contributed by atoms with van der Waals surface area (Å²) < 4.78 is 4.72. The van der Waals surface area contributed by atoms with E-state index in [0.717, 1.165) is 5.56 Å². The van der Waals surface area contributed by atoms with Gasteiger partial charge in [-0.3, -0.25) is 14.9 Å². The normalized spacial score (nSPS) is 9.58. The lowest BCUT2D eigenvalue weighted by Crippen LogP contribution is -2.41. The molecule has 0 aliphatic carbocycles. The molecule has 2 N–H and O–H groups in total. The maximum absolute atomic E-state index is 11.8. The summed E-state index contributed by atoms with van der Waals surface area (Å²) in [4.78, 5) is 22.9. The fourth-order valence-electron chi connectivity index (χ4n) is 1.37. The minimum atomic E-state index is -0.422. The lowest BCUT2D eigenvalue weighted by molar-refractivity contribution is -0.141. The lowest BCUT2D eigenvalue weighted by atomic mass is 10.1. The molecular formula is C13H16N2O3S. The molecule has 0 spiro atoms. The quantitative estimate of drug-likeness (QED) is 0.640. The molecule has 1 amide bonds. The van der Waals surface area contributed by atoms with Crippen LogP contribution in [-0.2, 0) is 9.53 Å². The number of esters is 1. The SMILES string of the molecule is CCOC(=O)CNC(=S)NC(=O)c1cccc(C)c1. The zero-order valence-corrected chi connectivity index (χ0v) is 11.7. The molecule has 19 heavy (non-hydrogen) atoms. The van der Waals surface area contributed by atoms with Gasteiger partial charge in [-0.05, 0) is 38.2 Å². The molecule has 0 aliphatic rings. The molecule has 1 rings (SSSR count). The van der Waals surface area contributed by atoms with Gasteiger partial charge in [0.05, 0.1) is 6.61 Å². The van der Waals surface area contributed by atoms with E-state index < -0.39 is 5.97 Å². The summed E-state index contributed by atoms with van der Waals surface area (Å²) >= 11 is 4.91. The summed E-state index contributed by atoms with van der Waals surface area (Å²) in [5.41, 5.74) is 1.50. The molecule has 0 unspecified atom stereocenters. The molecule has 0 saturated heterocycles. The van der Waals surface area contributed by atoms with E-state index in [1.54, 1.807) is 25.1 Å². The van der Waals surface area contributed by atoms with E-state index in [0.29, 0.717) is 12.2 Å². The van der Waals surface area contributed by atoms with Crippen LogP contribution in [0.2, 0.25) is 0 Å². The molecule has 1 aromatic rings. The maximum atomic E-state index is 11.8. The van der Waals surface area contributed by atoms with Crippen molar-refractivity contribution in [3.8, 4) is 0 Å². The average Bonchev–Trinajstić information content (AvgIpc) is 2.36. The number of thiocarbonyl (C=S) groups is 1. The first-order chi connectivity index (χ1) is 9.02. The smallest absolute Gasteiger partial charge is 0.325 e. The van der Waals surface area contributed by atoms with Gasteiger partial charge in [-0.25, -0.2) is 0 Å². The fraction of sp³-hybridized carbons (Fsp3) is 0.308. The van der Waals surface area contributed by atoms with Gasteiger partial charge in [0.2, 0.25) is 0 Å². The summed E-state index contributed by atoms with van der Waals surface area (Å²) in [7, 11) is 0. The van der Waals surface area contributed by atoms with Gasteiger partial charge in [0.1, 0.15) is 6.54 Å². The van der Waals surface area contributed by atoms with E-state index in [9.17, 15) is 9.59 Å². The average molecular weight is 280 g/mol. The van der Waals surface area contributed by atoms with E-state index >= 15 is 0 Å². The van der Waals surface area contributed by atoms with Gasteiger partial charge in [-0.15, -0.1) is 0 Å². The molecule has 0 saturated carbocycles. The second kappa shape index (κ2) is 7.48. The number of carbonyl (C=O) groups excluding carboxylic acids is 2. The highest BCUT2D eigenvalue weighted by molar-refractivity contribution is 7.80. The minimum absolute atomic E-state index is 0.0687. The van der Waals surface area contributed by atoms with E-state index in [4.69, 9.17) is 17.0 Å². The van der Waals surface area contributed by atoms with Crippen LogP contribution >= 0.6 is 12.2 Å². The highest BCUT2D eigenvalue weighted by atomic mass is 32.1. The standard InChI is InChI=1S/C13H16N2O3S/c1-3-18-11(16)8-14-13(19)15-12(17)10-6-4-5-9(2)7-10/h4-7H,3,8H2,1-2H3,(H2,14,15,17,19). The molecule has 102 valence electrons. The minimum Gasteiger partial charge on any atom is -0.465 e. The number of rotatable bonds is 4. The van der Waals surface area contributed by atoms with Crippen molar-refractivity contribution in [3.63, 3.8) is 0 Å². The summed E-state index contributed by atoms with van der Waals surface area (Å²) in [6.07, 6.45) is 0. The molecule has 0 atom stereocenters. The third-order valence-electron chi connectivity index (χ3n) is 2.21. The molecular weight excluding hydrogens is 264 g/mol. The number of ether oxygens (including phenoxy) is 1. The number of hydrogen-bond acceptors (Lipinski definition) is 4. The van der Waals surface area contributed by atoms with E-state index in [1.807, 2.05) is 13.0 Å². The van der Waals surface area contributed by atoms with Crippen LogP contribution in [-0.4, -0.2) is 30.1 Å². The number of benzene rings is 1. The summed E-state index contributed by atoms with van der Waals surface area (Å²) in [5, 5.41) is 5.20. The predicted octanol–water partition coefficient (Wildman–Crippen LogP) is 1.16. The Labute approximate surface area is 117 Å². The Bertz CT molecular complexity index is 489. The van der Waals surface area contributed by atoms with Gasteiger partial charge in [0, 0.05) is 5.56 Å². The zero-order valence-electron chi connectivity index (χ0n) is 10.9. The van der Waals surface area contributed by atoms with Crippen molar-refractivity contribution in [2.75, 3.05) is 13.2 Å². The number of carbonyl (C=O) groups is 2. The number of hydrogen-bond donors (Lipinski definition) is 2. The van der Waals surface area contributed by atoms with Crippen molar-refractivity contribution in [1.82, 2.24) is 10.6 Å². The van der Waals surface area contributed by atoms with Crippen LogP contribution < -0.4 is 10.6 Å². The fourth-order valence-corrected chi connectivity index (χ4v) is 1.54. The number of amides is 1. The molecule has 0 heterocycles. The van der Waals surface area contributed by atoms with Gasteiger partial charge < -0.3 is 10.1 Å². The third-order valence-corrected chi connectivity index (χ3v) is 2.45. The second-order valence-electron chi connectivity index (χ2n) is 3.81. The number of aryl methyl sites for hydroxylation is 1. The van der Waals surface area contributed by atoms with Gasteiger partial charge in [-0.1, -0.05) is 17.7 Å². The van der Waals surface area contributed by atoms with E-state index in [-0.39, 0.29) is 17.6 Å². The molecule has 6 heteroatoms. The van der Waals surface area contributed by atoms with Crippen molar-refractivity contribution >= 4 is 29.2 Å². The van der Waals surface area contributed by atoms with Crippen molar-refractivity contribution < 1.29 is 14.3 Å². The molecule has 0 fully saturated rings. The Hall–Kier alpha value is -1.95. The molecule has 0 aromatic heterocycles. The zero-order chi connectivity index (χ0) is 14.3. The van der Waals surface area contributed by atoms with Gasteiger partial charge in [0.15, 0.2) is 5.11 Å². The van der Waals surface area contributed by atoms with Crippen LogP contribution in [0.4, 0.5) is 0 Å². The van der Waals surface area contributed by atoms with Crippen molar-refractivity contribution in [1.29, 1.82) is 0 Å². The lowest BCUT2D eigenvalue weighted by Gasteiger charge is -2.09. The predicted molar refractivity (Wildman–Crippen MR) is 75.9 cm³/mol. The van der Waals surface area contributed by atoms with Crippen LogP contribution in [0, 0.1) is 6.92 Å². The Morgan fingerprint density at radius 2 is 2.11 bits per heavy atom. The van der Waals surface area contributed by atoms with Gasteiger partial charge in [-0.2, -0.15) is 0 Å². The number of nitrogens with one attached hydrogen (secondary N) is 2. The summed E-state index contributed by atoms with van der Waals surface area (Å²) in [6, 6.07) is 7.13. The molecule has 5 nitrogen and oxygen atoms in total. The molecule has 0 radical (unpaired) electrons. The molecule has 0 aliphatic heterocycles. The Morgan fingerprint density at radius 3 is 2.74 bits per heavy atom. The molecule has 0 bridgehead atoms. The second-order valence-corrected chi connectivity index (χ2v) is 4.22. The Balaban J connectivity index is 2.44. The first kappa shape index (κ1) is 15.1. The monoisotopic (exact) mass is 280 g/mol. The highest BCUT2D eigenvalue weighted by Crippen LogP contribution is 2.03. The van der Waals surface area contributed by atoms with Crippen molar-refractivity contribution in [3.05, 3.63) is 35.4 Å². The van der Waals surface area contributed by atoms with Crippen LogP contribution in [0.25, 0.3) is 0 Å².